The summed E-state index contributed by atoms with van der Waals surface area (Å²) in [7, 11) is 1.46. The van der Waals surface area contributed by atoms with Crippen LogP contribution in [0.5, 0.6) is 5.75 Å². The molecule has 1 aliphatic heterocycles. The largest absolute Gasteiger partial charge is 0.490 e. The molecule has 0 amide bonds. The zero-order valence-electron chi connectivity index (χ0n) is 15.9. The van der Waals surface area contributed by atoms with Crippen molar-refractivity contribution < 1.29 is 19.4 Å². The highest BCUT2D eigenvalue weighted by Crippen LogP contribution is 2.34. The lowest BCUT2D eigenvalue weighted by Gasteiger charge is -2.14. The van der Waals surface area contributed by atoms with Crippen LogP contribution >= 0.6 is 0 Å². The maximum absolute atomic E-state index is 13.0. The van der Waals surface area contributed by atoms with E-state index in [0.29, 0.717) is 36.6 Å². The molecule has 3 heterocycles. The highest BCUT2D eigenvalue weighted by Gasteiger charge is 2.27. The fourth-order valence-electron chi connectivity index (χ4n) is 3.64. The first-order valence-electron chi connectivity index (χ1n) is 9.14. The molecule has 7 nitrogen and oxygen atoms in total. The second-order valence-corrected chi connectivity index (χ2v) is 6.82. The van der Waals surface area contributed by atoms with Crippen LogP contribution in [0.3, 0.4) is 0 Å². The van der Waals surface area contributed by atoms with E-state index in [4.69, 9.17) is 14.5 Å². The molecule has 0 radical (unpaired) electrons. The number of carbonyl (C=O) groups is 1. The van der Waals surface area contributed by atoms with Crippen molar-refractivity contribution in [2.75, 3.05) is 13.7 Å². The first-order chi connectivity index (χ1) is 14.1. The fourth-order valence-corrected chi connectivity index (χ4v) is 3.64. The van der Waals surface area contributed by atoms with Crippen molar-refractivity contribution in [1.29, 1.82) is 0 Å². The van der Waals surface area contributed by atoms with E-state index in [2.05, 4.69) is 6.58 Å². The highest BCUT2D eigenvalue weighted by atomic mass is 16.5. The van der Waals surface area contributed by atoms with Gasteiger partial charge in [0.25, 0.3) is 5.56 Å². The minimum Gasteiger partial charge on any atom is -0.490 e. The van der Waals surface area contributed by atoms with E-state index in [0.717, 1.165) is 16.5 Å². The van der Waals surface area contributed by atoms with Crippen molar-refractivity contribution in [3.8, 4) is 17.1 Å². The predicted molar refractivity (Wildman–Crippen MR) is 108 cm³/mol. The topological polar surface area (TPSA) is 90.7 Å². The van der Waals surface area contributed by atoms with Gasteiger partial charge in [-0.25, -0.2) is 4.98 Å². The van der Waals surface area contributed by atoms with Gasteiger partial charge in [-0.1, -0.05) is 12.7 Å². The molecule has 1 unspecified atom stereocenters. The molecule has 1 N–H and O–H groups in total. The second kappa shape index (κ2) is 7.62. The third-order valence-electron chi connectivity index (χ3n) is 4.98. The zero-order chi connectivity index (χ0) is 20.5. The zero-order valence-corrected chi connectivity index (χ0v) is 15.9. The number of nitrogens with zero attached hydrogens (tertiary/aromatic N) is 2. The van der Waals surface area contributed by atoms with E-state index in [1.54, 1.807) is 16.7 Å². The van der Waals surface area contributed by atoms with E-state index >= 15 is 0 Å². The van der Waals surface area contributed by atoms with Crippen molar-refractivity contribution in [3.05, 3.63) is 70.0 Å². The van der Waals surface area contributed by atoms with Crippen LogP contribution in [-0.2, 0) is 22.7 Å². The summed E-state index contributed by atoms with van der Waals surface area (Å²) >= 11 is 0. The standard InChI is InChI=1S/C22H20N2O5/c1-3-6-29-15-4-5-18-13(8-15)7-14-10-24-19(21(14)23-18)9-16(20(26)11-25)17(12-28-2)22(24)27/h3-5,7-9,11,20,26H,1,6,10,12H2,2H3. The van der Waals surface area contributed by atoms with Gasteiger partial charge in [-0.15, -0.1) is 0 Å². The van der Waals surface area contributed by atoms with Gasteiger partial charge < -0.3 is 23.9 Å². The average molecular weight is 392 g/mol. The maximum atomic E-state index is 13.0. The summed E-state index contributed by atoms with van der Waals surface area (Å²) in [6, 6.07) is 9.22. The van der Waals surface area contributed by atoms with Crippen LogP contribution in [0.2, 0.25) is 0 Å². The van der Waals surface area contributed by atoms with Gasteiger partial charge in [0.15, 0.2) is 6.29 Å². The number of hydrogen-bond donors (Lipinski definition) is 1. The lowest BCUT2D eigenvalue weighted by Crippen LogP contribution is -2.26. The number of aliphatic hydroxyl groups excluding tert-OH is 1. The van der Waals surface area contributed by atoms with E-state index in [1.807, 2.05) is 24.3 Å². The molecule has 0 spiro atoms. The number of carbonyl (C=O) groups excluding carboxylic acids is 1. The second-order valence-electron chi connectivity index (χ2n) is 6.82. The molecule has 0 fully saturated rings. The summed E-state index contributed by atoms with van der Waals surface area (Å²) in [4.78, 5) is 28.9. The van der Waals surface area contributed by atoms with Crippen molar-refractivity contribution in [2.24, 2.45) is 0 Å². The Labute approximate surface area is 166 Å². The number of methoxy groups -OCH3 is 1. The molecule has 4 rings (SSSR count). The van der Waals surface area contributed by atoms with Crippen molar-refractivity contribution in [3.63, 3.8) is 0 Å². The number of ether oxygens (including phenoxy) is 2. The molecular weight excluding hydrogens is 372 g/mol. The SMILES string of the molecule is C=CCOc1ccc2nc3c(cc2c1)Cn1c-3cc(C(O)C=O)c(COC)c1=O. The van der Waals surface area contributed by atoms with Crippen LogP contribution in [0.15, 0.2) is 47.8 Å². The predicted octanol–water partition coefficient (Wildman–Crippen LogP) is 2.37. The van der Waals surface area contributed by atoms with Crippen LogP contribution in [0.25, 0.3) is 22.3 Å². The number of pyridine rings is 2. The summed E-state index contributed by atoms with van der Waals surface area (Å²) in [5.41, 5.74) is 3.12. The molecule has 2 aromatic heterocycles. The Hall–Kier alpha value is -3.29. The lowest BCUT2D eigenvalue weighted by atomic mass is 10.0. The summed E-state index contributed by atoms with van der Waals surface area (Å²) < 4.78 is 12.3. The Morgan fingerprint density at radius 2 is 2.17 bits per heavy atom. The number of aliphatic hydroxyl groups is 1. The van der Waals surface area contributed by atoms with Crippen molar-refractivity contribution in [1.82, 2.24) is 9.55 Å². The number of benzene rings is 1. The van der Waals surface area contributed by atoms with Crippen LogP contribution in [0.4, 0.5) is 0 Å². The quantitative estimate of drug-likeness (QED) is 0.384. The van der Waals surface area contributed by atoms with Crippen LogP contribution in [-0.4, -0.2) is 34.7 Å². The molecule has 0 bridgehead atoms. The van der Waals surface area contributed by atoms with Gasteiger partial charge in [-0.3, -0.25) is 4.79 Å². The van der Waals surface area contributed by atoms with Crippen LogP contribution < -0.4 is 10.3 Å². The molecule has 148 valence electrons. The van der Waals surface area contributed by atoms with E-state index in [-0.39, 0.29) is 23.3 Å². The van der Waals surface area contributed by atoms with Gasteiger partial charge in [0, 0.05) is 29.2 Å². The van der Waals surface area contributed by atoms with E-state index in [1.165, 1.54) is 7.11 Å². The monoisotopic (exact) mass is 392 g/mol. The lowest BCUT2D eigenvalue weighted by molar-refractivity contribution is -0.115. The first kappa shape index (κ1) is 19.0. The van der Waals surface area contributed by atoms with Crippen LogP contribution in [0, 0.1) is 0 Å². The number of hydrogen-bond acceptors (Lipinski definition) is 6. The average Bonchev–Trinajstić information content (AvgIpc) is 3.09. The van der Waals surface area contributed by atoms with Crippen molar-refractivity contribution >= 4 is 17.2 Å². The molecule has 0 saturated carbocycles. The fraction of sp³-hybridized carbons (Fsp3) is 0.227. The summed E-state index contributed by atoms with van der Waals surface area (Å²) in [5, 5.41) is 11.0. The minimum absolute atomic E-state index is 0.00903. The van der Waals surface area contributed by atoms with Gasteiger partial charge >= 0.3 is 0 Å². The molecule has 7 heteroatoms. The Morgan fingerprint density at radius 3 is 2.90 bits per heavy atom. The number of fused-ring (bicyclic) bond motifs is 4. The van der Waals surface area contributed by atoms with E-state index < -0.39 is 6.10 Å². The third-order valence-corrected chi connectivity index (χ3v) is 4.98. The van der Waals surface area contributed by atoms with Gasteiger partial charge in [0.05, 0.1) is 30.1 Å². The number of aldehydes is 1. The molecule has 1 atom stereocenters. The molecule has 1 aromatic carbocycles. The molecule has 1 aliphatic rings. The Morgan fingerprint density at radius 1 is 1.34 bits per heavy atom. The molecule has 3 aromatic rings. The van der Waals surface area contributed by atoms with Crippen molar-refractivity contribution in [2.45, 2.75) is 19.3 Å². The Bertz CT molecular complexity index is 1180. The minimum atomic E-state index is -1.40. The number of rotatable bonds is 7. The Kier molecular flexibility index (Phi) is 5.00. The Balaban J connectivity index is 1.87. The maximum Gasteiger partial charge on any atom is 0.257 e. The normalized spacial score (nSPS) is 13.0. The van der Waals surface area contributed by atoms with Gasteiger partial charge in [-0.2, -0.15) is 0 Å². The molecule has 0 aliphatic carbocycles. The summed E-state index contributed by atoms with van der Waals surface area (Å²) in [5.74, 6) is 0.714. The van der Waals surface area contributed by atoms with E-state index in [9.17, 15) is 14.7 Å². The third kappa shape index (κ3) is 3.24. The summed E-state index contributed by atoms with van der Waals surface area (Å²) in [6.45, 7) is 4.42. The smallest absolute Gasteiger partial charge is 0.257 e. The summed E-state index contributed by atoms with van der Waals surface area (Å²) in [6.07, 6.45) is 0.684. The molecule has 29 heavy (non-hydrogen) atoms. The highest BCUT2D eigenvalue weighted by molar-refractivity contribution is 5.85. The molecular formula is C22H20N2O5. The van der Waals surface area contributed by atoms with Crippen LogP contribution in [0.1, 0.15) is 22.8 Å². The van der Waals surface area contributed by atoms with Gasteiger partial charge in [0.1, 0.15) is 18.5 Å². The first-order valence-corrected chi connectivity index (χ1v) is 9.14. The number of aromatic nitrogens is 2. The van der Waals surface area contributed by atoms with Gasteiger partial charge in [0.2, 0.25) is 0 Å². The molecule has 0 saturated heterocycles. The van der Waals surface area contributed by atoms with Gasteiger partial charge in [-0.05, 0) is 30.3 Å².